The van der Waals surface area contributed by atoms with Gasteiger partial charge in [0.15, 0.2) is 0 Å². The predicted octanol–water partition coefficient (Wildman–Crippen LogP) is 2.92. The molecule has 3 atom stereocenters. The summed E-state index contributed by atoms with van der Waals surface area (Å²) in [6.07, 6.45) is 5.41. The molecule has 2 heterocycles. The molecule has 0 spiro atoms. The van der Waals surface area contributed by atoms with Gasteiger partial charge in [0.2, 0.25) is 0 Å². The summed E-state index contributed by atoms with van der Waals surface area (Å²) in [7, 11) is 1.70. The van der Waals surface area contributed by atoms with Crippen LogP contribution in [0.25, 0.3) is 0 Å². The maximum Gasteiger partial charge on any atom is 0.119 e. The Morgan fingerprint density at radius 2 is 1.95 bits per heavy atom. The van der Waals surface area contributed by atoms with Crippen LogP contribution in [0.15, 0.2) is 24.3 Å². The first-order valence-corrected chi connectivity index (χ1v) is 6.84. The van der Waals surface area contributed by atoms with Gasteiger partial charge in [0.05, 0.1) is 19.8 Å². The van der Waals surface area contributed by atoms with Crippen molar-refractivity contribution in [3.05, 3.63) is 29.8 Å². The predicted molar refractivity (Wildman–Crippen MR) is 78.0 cm³/mol. The summed E-state index contributed by atoms with van der Waals surface area (Å²) in [4.78, 5) is 0. The van der Waals surface area contributed by atoms with Gasteiger partial charge in [-0.2, -0.15) is 0 Å². The summed E-state index contributed by atoms with van der Waals surface area (Å²) in [5.41, 5.74) is 1.19. The van der Waals surface area contributed by atoms with E-state index in [-0.39, 0.29) is 12.4 Å². The largest absolute Gasteiger partial charge is 0.497 e. The molecule has 106 valence electrons. The average molecular weight is 284 g/mol. The van der Waals surface area contributed by atoms with Gasteiger partial charge in [0, 0.05) is 12.1 Å². The summed E-state index contributed by atoms with van der Waals surface area (Å²) in [6.45, 7) is 0.696. The fourth-order valence-corrected chi connectivity index (χ4v) is 3.12. The van der Waals surface area contributed by atoms with Crippen LogP contribution < -0.4 is 10.1 Å². The van der Waals surface area contributed by atoms with Gasteiger partial charge in [0.25, 0.3) is 0 Å². The van der Waals surface area contributed by atoms with E-state index in [2.05, 4.69) is 17.4 Å². The van der Waals surface area contributed by atoms with Gasteiger partial charge < -0.3 is 14.8 Å². The van der Waals surface area contributed by atoms with Crippen LogP contribution in [-0.4, -0.2) is 25.3 Å². The first-order valence-electron chi connectivity index (χ1n) is 6.84. The third kappa shape index (κ3) is 3.62. The Morgan fingerprint density at radius 3 is 2.63 bits per heavy atom. The molecular formula is C15H22ClNO2. The Bertz CT molecular complexity index is 401. The lowest BCUT2D eigenvalue weighted by Crippen LogP contribution is -2.41. The molecule has 3 nitrogen and oxygen atoms in total. The summed E-state index contributed by atoms with van der Waals surface area (Å²) in [6, 6.07) is 9.52. The highest BCUT2D eigenvalue weighted by Crippen LogP contribution is 2.29. The number of piperidine rings is 1. The monoisotopic (exact) mass is 283 g/mol. The Labute approximate surface area is 121 Å². The van der Waals surface area contributed by atoms with Crippen molar-refractivity contribution in [1.29, 1.82) is 0 Å². The van der Waals surface area contributed by atoms with Crippen molar-refractivity contribution >= 4 is 12.4 Å². The second-order valence-corrected chi connectivity index (χ2v) is 5.39. The van der Waals surface area contributed by atoms with E-state index in [0.29, 0.717) is 24.8 Å². The Balaban J connectivity index is 0.00000133. The molecule has 0 aromatic heterocycles. The van der Waals surface area contributed by atoms with Gasteiger partial charge in [0.1, 0.15) is 5.75 Å². The molecule has 2 fully saturated rings. The van der Waals surface area contributed by atoms with Gasteiger partial charge in [-0.05, 0) is 43.4 Å². The molecule has 19 heavy (non-hydrogen) atoms. The lowest BCUT2D eigenvalue weighted by Gasteiger charge is -2.29. The molecule has 2 saturated heterocycles. The number of rotatable bonds is 4. The zero-order chi connectivity index (χ0) is 12.4. The molecule has 2 bridgehead atoms. The van der Waals surface area contributed by atoms with E-state index in [0.717, 1.165) is 5.75 Å². The van der Waals surface area contributed by atoms with Crippen molar-refractivity contribution in [3.63, 3.8) is 0 Å². The lowest BCUT2D eigenvalue weighted by molar-refractivity contribution is 0.00911. The van der Waals surface area contributed by atoms with Crippen LogP contribution in [0.4, 0.5) is 0 Å². The number of hydrogen-bond donors (Lipinski definition) is 1. The quantitative estimate of drug-likeness (QED) is 0.922. The third-order valence-electron chi connectivity index (χ3n) is 4.05. The highest BCUT2D eigenvalue weighted by Gasteiger charge is 2.33. The SMILES string of the molecule is COc1cccc(COC2C[C@H]3CC[C@@H](C2)N3)c1.Cl. The van der Waals surface area contributed by atoms with Crippen molar-refractivity contribution in [2.45, 2.75) is 50.5 Å². The molecule has 1 aromatic carbocycles. The molecule has 0 aliphatic carbocycles. The summed E-state index contributed by atoms with van der Waals surface area (Å²) in [5.74, 6) is 0.904. The normalized spacial score (nSPS) is 28.8. The van der Waals surface area contributed by atoms with E-state index in [9.17, 15) is 0 Å². The van der Waals surface area contributed by atoms with E-state index < -0.39 is 0 Å². The van der Waals surface area contributed by atoms with Crippen LogP contribution in [0, 0.1) is 0 Å². The van der Waals surface area contributed by atoms with Crippen LogP contribution in [0.1, 0.15) is 31.2 Å². The third-order valence-corrected chi connectivity index (χ3v) is 4.05. The molecule has 2 aliphatic rings. The molecule has 0 radical (unpaired) electrons. The number of nitrogens with one attached hydrogen (secondary N) is 1. The van der Waals surface area contributed by atoms with Gasteiger partial charge in [-0.1, -0.05) is 12.1 Å². The second-order valence-electron chi connectivity index (χ2n) is 5.39. The number of methoxy groups -OCH3 is 1. The van der Waals surface area contributed by atoms with Crippen molar-refractivity contribution in [1.82, 2.24) is 5.32 Å². The number of halogens is 1. The number of ether oxygens (including phenoxy) is 2. The fraction of sp³-hybridized carbons (Fsp3) is 0.600. The van der Waals surface area contributed by atoms with Crippen molar-refractivity contribution in [2.24, 2.45) is 0 Å². The summed E-state index contributed by atoms with van der Waals surface area (Å²) in [5, 5.41) is 3.64. The Kier molecular flexibility index (Phi) is 5.08. The highest BCUT2D eigenvalue weighted by molar-refractivity contribution is 5.85. The van der Waals surface area contributed by atoms with E-state index in [4.69, 9.17) is 9.47 Å². The zero-order valence-electron chi connectivity index (χ0n) is 11.3. The minimum absolute atomic E-state index is 0. The van der Waals surface area contributed by atoms with E-state index in [1.807, 2.05) is 12.1 Å². The van der Waals surface area contributed by atoms with Gasteiger partial charge in [-0.25, -0.2) is 0 Å². The van der Waals surface area contributed by atoms with Gasteiger partial charge in [-0.3, -0.25) is 0 Å². The molecule has 1 unspecified atom stereocenters. The van der Waals surface area contributed by atoms with Crippen LogP contribution in [0.5, 0.6) is 5.75 Å². The first kappa shape index (κ1) is 14.6. The topological polar surface area (TPSA) is 30.5 Å². The number of fused-ring (bicyclic) bond motifs is 2. The molecule has 4 heteroatoms. The van der Waals surface area contributed by atoms with Crippen LogP contribution in [-0.2, 0) is 11.3 Å². The summed E-state index contributed by atoms with van der Waals surface area (Å²) >= 11 is 0. The smallest absolute Gasteiger partial charge is 0.119 e. The van der Waals surface area contributed by atoms with Crippen molar-refractivity contribution in [3.8, 4) is 5.75 Å². The zero-order valence-corrected chi connectivity index (χ0v) is 12.1. The van der Waals surface area contributed by atoms with Crippen molar-refractivity contribution in [2.75, 3.05) is 7.11 Å². The number of hydrogen-bond acceptors (Lipinski definition) is 3. The Hall–Kier alpha value is -0.770. The first-order chi connectivity index (χ1) is 8.83. The molecule has 2 aliphatic heterocycles. The minimum Gasteiger partial charge on any atom is -0.497 e. The molecular weight excluding hydrogens is 262 g/mol. The van der Waals surface area contributed by atoms with Gasteiger partial charge >= 0.3 is 0 Å². The fourth-order valence-electron chi connectivity index (χ4n) is 3.12. The maximum absolute atomic E-state index is 6.05. The van der Waals surface area contributed by atoms with E-state index >= 15 is 0 Å². The standard InChI is InChI=1S/C15H21NO2.ClH/c1-17-14-4-2-3-11(7-14)10-18-15-8-12-5-6-13(9-15)16-12;/h2-4,7,12-13,15-16H,5-6,8-10H2,1H3;1H/t12-,13+,15?;. The molecule has 3 rings (SSSR count). The van der Waals surface area contributed by atoms with E-state index in [1.54, 1.807) is 7.11 Å². The minimum atomic E-state index is 0. The summed E-state index contributed by atoms with van der Waals surface area (Å²) < 4.78 is 11.3. The van der Waals surface area contributed by atoms with Crippen molar-refractivity contribution < 1.29 is 9.47 Å². The lowest BCUT2D eigenvalue weighted by atomic mass is 10.0. The second kappa shape index (κ2) is 6.60. The van der Waals surface area contributed by atoms with Crippen LogP contribution >= 0.6 is 12.4 Å². The average Bonchev–Trinajstić information content (AvgIpc) is 2.76. The molecule has 0 amide bonds. The molecule has 1 aromatic rings. The number of benzene rings is 1. The van der Waals surface area contributed by atoms with E-state index in [1.165, 1.54) is 31.2 Å². The molecule has 1 N–H and O–H groups in total. The molecule has 0 saturated carbocycles. The maximum atomic E-state index is 6.05. The highest BCUT2D eigenvalue weighted by atomic mass is 35.5. The van der Waals surface area contributed by atoms with Gasteiger partial charge in [-0.15, -0.1) is 12.4 Å². The van der Waals surface area contributed by atoms with Crippen LogP contribution in [0.2, 0.25) is 0 Å². The van der Waals surface area contributed by atoms with Crippen LogP contribution in [0.3, 0.4) is 0 Å². The Morgan fingerprint density at radius 1 is 1.21 bits per heavy atom.